The van der Waals surface area contributed by atoms with Crippen molar-refractivity contribution >= 4 is 32.6 Å². The molecule has 0 saturated carbocycles. The van der Waals surface area contributed by atoms with Gasteiger partial charge < -0.3 is 0 Å². The number of halogens is 1. The second-order valence-electron chi connectivity index (χ2n) is 6.20. The molecule has 1 amide bonds. The van der Waals surface area contributed by atoms with E-state index in [2.05, 4.69) is 52.5 Å². The van der Waals surface area contributed by atoms with E-state index in [-0.39, 0.29) is 27.1 Å². The molecule has 0 aliphatic carbocycles. The molecule has 0 aliphatic rings. The van der Waals surface area contributed by atoms with Gasteiger partial charge in [-0.05, 0) is 0 Å². The van der Waals surface area contributed by atoms with Crippen LogP contribution in [0.3, 0.4) is 0 Å². The third-order valence-electron chi connectivity index (χ3n) is 3.95. The topological polar surface area (TPSA) is 54.9 Å². The van der Waals surface area contributed by atoms with Crippen LogP contribution in [0.25, 0.3) is 10.2 Å². The van der Waals surface area contributed by atoms with Crippen LogP contribution in [0.1, 0.15) is 21.6 Å². The number of carbonyl (C=O) groups is 1. The fourth-order valence-corrected chi connectivity index (χ4v) is 5.57. The van der Waals surface area contributed by atoms with Crippen LogP contribution in [-0.4, -0.2) is 15.9 Å². The molecule has 2 aromatic carbocycles. The summed E-state index contributed by atoms with van der Waals surface area (Å²) in [6.07, 6.45) is 1.81. The Morgan fingerprint density at radius 2 is 1.70 bits per heavy atom. The van der Waals surface area contributed by atoms with E-state index in [4.69, 9.17) is 0 Å². The van der Waals surface area contributed by atoms with E-state index in [0.29, 0.717) is 10.8 Å². The van der Waals surface area contributed by atoms with Gasteiger partial charge in [-0.1, -0.05) is 0 Å². The first-order chi connectivity index (χ1) is 13.1. The Morgan fingerprint density at radius 1 is 0.963 bits per heavy atom. The number of nitrogens with one attached hydrogen (secondary N) is 1. The zero-order valence-corrected chi connectivity index (χ0v) is 17.8. The molecule has 0 saturated heterocycles. The van der Waals surface area contributed by atoms with E-state index in [1.807, 2.05) is 31.3 Å². The van der Waals surface area contributed by atoms with E-state index in [1.54, 1.807) is 6.07 Å². The number of benzene rings is 2. The van der Waals surface area contributed by atoms with Crippen LogP contribution >= 0.6 is 11.3 Å². The number of anilines is 1. The molecular formula is C21H17IN3OS-. The Morgan fingerprint density at radius 3 is 2.44 bits per heavy atom. The van der Waals surface area contributed by atoms with Gasteiger partial charge in [0.25, 0.3) is 0 Å². The average molecular weight is 486 g/mol. The number of amides is 1. The maximum absolute atomic E-state index is 12.5. The Hall–Kier alpha value is -2.32. The normalized spacial score (nSPS) is 11.0. The second-order valence-corrected chi connectivity index (χ2v) is 10.3. The number of thiazole rings is 1. The summed E-state index contributed by atoms with van der Waals surface area (Å²) in [5.41, 5.74) is 3.74. The van der Waals surface area contributed by atoms with Crippen molar-refractivity contribution in [3.05, 3.63) is 84.8 Å². The van der Waals surface area contributed by atoms with Crippen molar-refractivity contribution in [3.63, 3.8) is 0 Å². The van der Waals surface area contributed by atoms with Crippen molar-refractivity contribution in [3.8, 4) is 0 Å². The van der Waals surface area contributed by atoms with E-state index < -0.39 is 0 Å². The standard InChI is InChI=1S/C21H17IN3OS/c1-13-3-6-15(7-4-13)22-16-8-10-18(23-12-16)20(26)25-21-24-17-9-5-14(2)11-19(17)27-21/h3-12H,1-2H3,(H,24,25,26)/q-1. The van der Waals surface area contributed by atoms with Crippen molar-refractivity contribution < 1.29 is 26.0 Å². The van der Waals surface area contributed by atoms with Gasteiger partial charge in [0.2, 0.25) is 0 Å². The SMILES string of the molecule is Cc1ccc([I-]c2ccc(C(=O)Nc3nc4ccc(C)cc4s3)nc2)cc1. The molecule has 0 atom stereocenters. The average Bonchev–Trinajstić information content (AvgIpc) is 3.05. The number of rotatable bonds is 4. The Kier molecular flexibility index (Phi) is 5.18. The number of aryl methyl sites for hydroxylation is 2. The van der Waals surface area contributed by atoms with E-state index in [0.717, 1.165) is 10.2 Å². The number of nitrogens with zero attached hydrogens (tertiary/aromatic N) is 2. The number of fused-ring (bicyclic) bond motifs is 1. The molecule has 0 radical (unpaired) electrons. The summed E-state index contributed by atoms with van der Waals surface area (Å²) in [6.45, 7) is 4.13. The number of aromatic nitrogens is 2. The summed E-state index contributed by atoms with van der Waals surface area (Å²) in [5.74, 6) is -0.231. The zero-order chi connectivity index (χ0) is 18.8. The van der Waals surface area contributed by atoms with Gasteiger partial charge in [-0.15, -0.1) is 0 Å². The molecule has 0 unspecified atom stereocenters. The Bertz CT molecular complexity index is 1100. The summed E-state index contributed by atoms with van der Waals surface area (Å²) in [4.78, 5) is 21.3. The van der Waals surface area contributed by atoms with Crippen molar-refractivity contribution in [1.82, 2.24) is 9.97 Å². The van der Waals surface area contributed by atoms with Gasteiger partial charge in [-0.2, -0.15) is 0 Å². The van der Waals surface area contributed by atoms with Gasteiger partial charge in [0.15, 0.2) is 0 Å². The molecule has 4 nitrogen and oxygen atoms in total. The van der Waals surface area contributed by atoms with Gasteiger partial charge >= 0.3 is 172 Å². The third kappa shape index (κ3) is 4.33. The van der Waals surface area contributed by atoms with Crippen LogP contribution in [0.4, 0.5) is 5.13 Å². The summed E-state index contributed by atoms with van der Waals surface area (Å²) in [5, 5.41) is 3.45. The molecule has 0 bridgehead atoms. The van der Waals surface area contributed by atoms with Crippen molar-refractivity contribution in [1.29, 1.82) is 0 Å². The molecule has 2 heterocycles. The molecule has 1 N–H and O–H groups in total. The molecule has 4 rings (SSSR count). The molecule has 0 aliphatic heterocycles. The molecule has 27 heavy (non-hydrogen) atoms. The zero-order valence-electron chi connectivity index (χ0n) is 14.9. The third-order valence-corrected chi connectivity index (χ3v) is 7.49. The number of carbonyl (C=O) groups excluding carboxylic acids is 1. The van der Waals surface area contributed by atoms with Gasteiger partial charge in [0.1, 0.15) is 0 Å². The van der Waals surface area contributed by atoms with E-state index >= 15 is 0 Å². The van der Waals surface area contributed by atoms with E-state index in [9.17, 15) is 4.79 Å². The number of hydrogen-bond acceptors (Lipinski definition) is 4. The van der Waals surface area contributed by atoms with Crippen LogP contribution in [-0.2, 0) is 0 Å². The fraction of sp³-hybridized carbons (Fsp3) is 0.0952. The molecule has 0 spiro atoms. The minimum atomic E-state index is -0.288. The molecule has 136 valence electrons. The maximum atomic E-state index is 12.5. The van der Waals surface area contributed by atoms with Crippen molar-refractivity contribution in [2.75, 3.05) is 5.32 Å². The number of pyridine rings is 1. The first-order valence-corrected chi connectivity index (χ1v) is 11.4. The fourth-order valence-electron chi connectivity index (χ4n) is 2.53. The minimum absolute atomic E-state index is 0.231. The molecular weight excluding hydrogens is 469 g/mol. The van der Waals surface area contributed by atoms with Crippen LogP contribution in [0.5, 0.6) is 0 Å². The number of hydrogen-bond donors (Lipinski definition) is 1. The first kappa shape index (κ1) is 18.1. The molecule has 6 heteroatoms. The van der Waals surface area contributed by atoms with Crippen LogP contribution in [0, 0.1) is 21.0 Å². The van der Waals surface area contributed by atoms with Gasteiger partial charge in [0, 0.05) is 0 Å². The molecule has 4 aromatic rings. The first-order valence-electron chi connectivity index (χ1n) is 8.43. The summed E-state index contributed by atoms with van der Waals surface area (Å²) in [6, 6.07) is 18.4. The van der Waals surface area contributed by atoms with Crippen LogP contribution in [0.15, 0.2) is 60.8 Å². The summed E-state index contributed by atoms with van der Waals surface area (Å²) < 4.78 is 3.59. The predicted octanol–water partition coefficient (Wildman–Crippen LogP) is 1.69. The predicted molar refractivity (Wildman–Crippen MR) is 105 cm³/mol. The quantitative estimate of drug-likeness (QED) is 0.447. The summed E-state index contributed by atoms with van der Waals surface area (Å²) >= 11 is 1.19. The molecule has 0 fully saturated rings. The van der Waals surface area contributed by atoms with Gasteiger partial charge in [0.05, 0.1) is 0 Å². The molecule has 2 aromatic heterocycles. The van der Waals surface area contributed by atoms with Crippen LogP contribution in [0.2, 0.25) is 0 Å². The Labute approximate surface area is 171 Å². The Balaban J connectivity index is 1.45. The monoisotopic (exact) mass is 486 g/mol. The second kappa shape index (κ2) is 7.74. The van der Waals surface area contributed by atoms with E-state index in [1.165, 1.54) is 29.6 Å². The van der Waals surface area contributed by atoms with Crippen molar-refractivity contribution in [2.24, 2.45) is 0 Å². The van der Waals surface area contributed by atoms with Gasteiger partial charge in [-0.3, -0.25) is 0 Å². The summed E-state index contributed by atoms with van der Waals surface area (Å²) in [7, 11) is 0. The van der Waals surface area contributed by atoms with Gasteiger partial charge in [-0.25, -0.2) is 0 Å². The van der Waals surface area contributed by atoms with Crippen molar-refractivity contribution in [2.45, 2.75) is 13.8 Å². The van der Waals surface area contributed by atoms with Crippen LogP contribution < -0.4 is 26.5 Å².